The summed E-state index contributed by atoms with van der Waals surface area (Å²) in [6.07, 6.45) is 2.71. The summed E-state index contributed by atoms with van der Waals surface area (Å²) >= 11 is 7.25. The first-order chi connectivity index (χ1) is 16.0. The van der Waals surface area contributed by atoms with E-state index in [1.165, 1.54) is 11.3 Å². The number of rotatable bonds is 8. The lowest BCUT2D eigenvalue weighted by Crippen LogP contribution is -2.31. The summed E-state index contributed by atoms with van der Waals surface area (Å²) in [6, 6.07) is 6.28. The number of nitrogens with zero attached hydrogens (tertiary/aromatic N) is 1. The number of urea groups is 1. The molecule has 1 aromatic carbocycles. The zero-order valence-corrected chi connectivity index (χ0v) is 21.3. The zero-order chi connectivity index (χ0) is 24.9. The van der Waals surface area contributed by atoms with Crippen LogP contribution in [0, 0.1) is 0 Å². The van der Waals surface area contributed by atoms with Gasteiger partial charge in [-0.1, -0.05) is 11.6 Å². The lowest BCUT2D eigenvalue weighted by Gasteiger charge is -2.27. The van der Waals surface area contributed by atoms with Crippen molar-refractivity contribution in [3.05, 3.63) is 45.3 Å². The molecule has 0 radical (unpaired) electrons. The highest BCUT2D eigenvalue weighted by molar-refractivity contribution is 7.17. The minimum atomic E-state index is -0.551. The van der Waals surface area contributed by atoms with Crippen molar-refractivity contribution < 1.29 is 19.1 Å². The zero-order valence-electron chi connectivity index (χ0n) is 19.7. The number of thiophene rings is 1. The van der Waals surface area contributed by atoms with Crippen LogP contribution in [0.15, 0.2) is 24.3 Å². The third kappa shape index (κ3) is 7.44. The van der Waals surface area contributed by atoms with E-state index in [1.807, 2.05) is 20.8 Å². The normalized spacial score (nSPS) is 13.8. The van der Waals surface area contributed by atoms with Gasteiger partial charge in [-0.2, -0.15) is 0 Å². The van der Waals surface area contributed by atoms with Crippen LogP contribution in [0.25, 0.3) is 0 Å². The van der Waals surface area contributed by atoms with Crippen molar-refractivity contribution >= 4 is 51.5 Å². The molecule has 1 aliphatic heterocycles. The first kappa shape index (κ1) is 26.0. The molecule has 0 fully saturated rings. The predicted octanol–water partition coefficient (Wildman–Crippen LogP) is 5.01. The quantitative estimate of drug-likeness (QED) is 0.344. The molecule has 0 saturated heterocycles. The number of fused-ring (bicyclic) bond motifs is 1. The molecule has 2 aromatic rings. The number of nitrogens with two attached hydrogens (primary N) is 1. The van der Waals surface area contributed by atoms with Gasteiger partial charge in [0.1, 0.15) is 10.6 Å². The molecular formula is C24H31ClN4O4S. The molecule has 2 heterocycles. The van der Waals surface area contributed by atoms with E-state index in [0.29, 0.717) is 40.7 Å². The molecule has 1 aliphatic rings. The van der Waals surface area contributed by atoms with Gasteiger partial charge in [-0.3, -0.25) is 19.8 Å². The van der Waals surface area contributed by atoms with E-state index in [9.17, 15) is 14.4 Å². The van der Waals surface area contributed by atoms with E-state index in [1.54, 1.807) is 24.3 Å². The molecule has 0 aliphatic carbocycles. The summed E-state index contributed by atoms with van der Waals surface area (Å²) in [4.78, 5) is 39.8. The average molecular weight is 507 g/mol. The molecule has 3 amide bonds. The van der Waals surface area contributed by atoms with Crippen molar-refractivity contribution in [1.82, 2.24) is 4.90 Å². The number of benzene rings is 1. The maximum absolute atomic E-state index is 12.5. The van der Waals surface area contributed by atoms with Gasteiger partial charge in [0, 0.05) is 35.1 Å². The van der Waals surface area contributed by atoms with Gasteiger partial charge < -0.3 is 15.8 Å². The third-order valence-electron chi connectivity index (χ3n) is 5.24. The number of ether oxygens (including phenoxy) is 1. The topological polar surface area (TPSA) is 114 Å². The first-order valence-corrected chi connectivity index (χ1v) is 12.4. The van der Waals surface area contributed by atoms with Crippen LogP contribution in [-0.4, -0.2) is 41.5 Å². The minimum Gasteiger partial charge on any atom is -0.460 e. The monoisotopic (exact) mass is 506 g/mol. The van der Waals surface area contributed by atoms with Crippen molar-refractivity contribution in [1.29, 1.82) is 0 Å². The van der Waals surface area contributed by atoms with Gasteiger partial charge in [-0.15, -0.1) is 11.3 Å². The van der Waals surface area contributed by atoms with Crippen molar-refractivity contribution in [3.8, 4) is 0 Å². The van der Waals surface area contributed by atoms with Crippen LogP contribution in [0.4, 0.5) is 15.5 Å². The maximum Gasteiger partial charge on any atom is 0.324 e. The number of primary amides is 1. The molecule has 3 rings (SSSR count). The number of halogens is 1. The molecule has 4 N–H and O–H groups in total. The fraction of sp³-hybridized carbons (Fsp3) is 0.458. The molecule has 0 saturated carbocycles. The summed E-state index contributed by atoms with van der Waals surface area (Å²) in [6.45, 7) is 7.89. The number of carbonyl (C=O) groups excluding carboxylic acids is 3. The van der Waals surface area contributed by atoms with Crippen molar-refractivity contribution in [2.24, 2.45) is 5.73 Å². The Balaban J connectivity index is 1.57. The fourth-order valence-corrected chi connectivity index (χ4v) is 5.21. The fourth-order valence-electron chi connectivity index (χ4n) is 3.79. The van der Waals surface area contributed by atoms with Crippen molar-refractivity contribution in [3.63, 3.8) is 0 Å². The van der Waals surface area contributed by atoms with Gasteiger partial charge in [-0.25, -0.2) is 4.79 Å². The summed E-state index contributed by atoms with van der Waals surface area (Å²) in [5, 5.41) is 6.53. The Labute approximate surface area is 208 Å². The second-order valence-electron chi connectivity index (χ2n) is 9.23. The lowest BCUT2D eigenvalue weighted by atomic mass is 10.0. The predicted molar refractivity (Wildman–Crippen MR) is 136 cm³/mol. The number of hydrogen-bond acceptors (Lipinski definition) is 6. The van der Waals surface area contributed by atoms with E-state index in [2.05, 4.69) is 15.5 Å². The van der Waals surface area contributed by atoms with E-state index in [4.69, 9.17) is 22.1 Å². The number of nitrogens with one attached hydrogen (secondary N) is 2. The van der Waals surface area contributed by atoms with Gasteiger partial charge in [0.15, 0.2) is 0 Å². The van der Waals surface area contributed by atoms with Gasteiger partial charge in [0.25, 0.3) is 5.91 Å². The highest BCUT2D eigenvalue weighted by Crippen LogP contribution is 2.37. The molecule has 8 nitrogen and oxygen atoms in total. The molecule has 34 heavy (non-hydrogen) atoms. The van der Waals surface area contributed by atoms with Crippen LogP contribution in [0.2, 0.25) is 5.02 Å². The molecule has 0 spiro atoms. The summed E-state index contributed by atoms with van der Waals surface area (Å²) < 4.78 is 5.35. The van der Waals surface area contributed by atoms with Gasteiger partial charge in [0.05, 0.1) is 5.56 Å². The van der Waals surface area contributed by atoms with Gasteiger partial charge in [-0.05, 0) is 76.4 Å². The molecule has 0 bridgehead atoms. The number of amides is 3. The van der Waals surface area contributed by atoms with Crippen molar-refractivity contribution in [2.75, 3.05) is 23.7 Å². The average Bonchev–Trinajstić information content (AvgIpc) is 3.08. The van der Waals surface area contributed by atoms with Crippen LogP contribution >= 0.6 is 22.9 Å². The lowest BCUT2D eigenvalue weighted by molar-refractivity contribution is -0.154. The first-order valence-electron chi connectivity index (χ1n) is 11.2. The number of hydrogen-bond donors (Lipinski definition) is 3. The Bertz CT molecular complexity index is 1050. The van der Waals surface area contributed by atoms with E-state index < -0.39 is 17.5 Å². The van der Waals surface area contributed by atoms with Gasteiger partial charge in [0.2, 0.25) is 0 Å². The van der Waals surface area contributed by atoms with Crippen LogP contribution in [0.1, 0.15) is 60.8 Å². The Morgan fingerprint density at radius 3 is 2.50 bits per heavy atom. The third-order valence-corrected chi connectivity index (χ3v) is 6.62. The number of carbonyl (C=O) groups is 3. The minimum absolute atomic E-state index is 0.176. The van der Waals surface area contributed by atoms with Crippen LogP contribution in [0.5, 0.6) is 0 Å². The Kier molecular flexibility index (Phi) is 8.57. The van der Waals surface area contributed by atoms with Crippen LogP contribution in [0.3, 0.4) is 0 Å². The largest absolute Gasteiger partial charge is 0.460 e. The maximum atomic E-state index is 12.5. The summed E-state index contributed by atoms with van der Waals surface area (Å²) in [5.41, 5.74) is 7.07. The van der Waals surface area contributed by atoms with Gasteiger partial charge >= 0.3 is 12.0 Å². The smallest absolute Gasteiger partial charge is 0.324 e. The Morgan fingerprint density at radius 2 is 1.85 bits per heavy atom. The van der Waals surface area contributed by atoms with Crippen LogP contribution < -0.4 is 16.4 Å². The molecular weight excluding hydrogens is 476 g/mol. The summed E-state index contributed by atoms with van der Waals surface area (Å²) in [7, 11) is 0. The number of esters is 1. The van der Waals surface area contributed by atoms with Crippen LogP contribution in [-0.2, 0) is 22.5 Å². The molecule has 1 aromatic heterocycles. The van der Waals surface area contributed by atoms with E-state index in [0.717, 1.165) is 36.4 Å². The molecule has 0 atom stereocenters. The number of unbranched alkanes of at least 4 members (excludes halogenated alkanes) is 1. The van der Waals surface area contributed by atoms with E-state index >= 15 is 0 Å². The second kappa shape index (κ2) is 11.2. The SMILES string of the molecule is CC(C)(C)OC(=O)CCCCN1CCc2c(sc(NC(=O)Nc3ccc(Cl)cc3)c2C(N)=O)C1. The highest BCUT2D eigenvalue weighted by Gasteiger charge is 2.27. The standard InChI is InChI=1S/C24H31ClN4O4S/c1-24(2,3)33-19(30)6-4-5-12-29-13-11-17-18(14-29)34-22(20(17)21(26)31)28-23(32)27-16-9-7-15(25)8-10-16/h7-10H,4-6,11-14H2,1-3H3,(H2,26,31)(H2,27,28,32). The Hall–Kier alpha value is -2.62. The summed E-state index contributed by atoms with van der Waals surface area (Å²) in [5.74, 6) is -0.726. The number of anilines is 2. The second-order valence-corrected chi connectivity index (χ2v) is 10.8. The molecule has 184 valence electrons. The molecule has 0 unspecified atom stereocenters. The molecule has 10 heteroatoms. The highest BCUT2D eigenvalue weighted by atomic mass is 35.5. The Morgan fingerprint density at radius 1 is 1.15 bits per heavy atom. The van der Waals surface area contributed by atoms with Crippen molar-refractivity contribution in [2.45, 2.75) is 58.6 Å². The van der Waals surface area contributed by atoms with E-state index in [-0.39, 0.29) is 5.97 Å².